The lowest BCUT2D eigenvalue weighted by Gasteiger charge is -2.08. The second kappa shape index (κ2) is 5.19. The van der Waals surface area contributed by atoms with E-state index in [1.807, 2.05) is 25.1 Å². The number of hydrogen-bond donors (Lipinski definition) is 2. The Morgan fingerprint density at radius 3 is 2.84 bits per heavy atom. The number of nitrogens with one attached hydrogen (secondary N) is 1. The summed E-state index contributed by atoms with van der Waals surface area (Å²) in [5, 5.41) is 8.78. The monoisotopic (exact) mass is 276 g/mol. The third kappa shape index (κ3) is 2.79. The molecule has 1 aromatic heterocycles. The van der Waals surface area contributed by atoms with Crippen molar-refractivity contribution in [3.05, 3.63) is 56.7 Å². The van der Waals surface area contributed by atoms with Gasteiger partial charge < -0.3 is 10.1 Å². The van der Waals surface area contributed by atoms with Gasteiger partial charge in [0.25, 0.3) is 5.56 Å². The second-order valence-corrected chi connectivity index (χ2v) is 4.56. The molecule has 0 aliphatic heterocycles. The zero-order chi connectivity index (χ0) is 14.0. The van der Waals surface area contributed by atoms with Crippen LogP contribution in [0.4, 0.5) is 0 Å². The van der Waals surface area contributed by atoms with Crippen molar-refractivity contribution in [1.82, 2.24) is 9.55 Å². The highest BCUT2D eigenvalue weighted by Gasteiger charge is 2.10. The third-order valence-corrected chi connectivity index (χ3v) is 2.95. The van der Waals surface area contributed by atoms with Gasteiger partial charge in [-0.25, -0.2) is 0 Å². The molecule has 2 rings (SSSR count). The maximum absolute atomic E-state index is 12.2. The van der Waals surface area contributed by atoms with Gasteiger partial charge in [0.15, 0.2) is 4.77 Å². The number of aliphatic carboxylic acids is 1. The van der Waals surface area contributed by atoms with Crippen LogP contribution < -0.4 is 5.56 Å². The molecule has 0 atom stereocenters. The number of aromatic nitrogens is 2. The zero-order valence-corrected chi connectivity index (χ0v) is 11.0. The van der Waals surface area contributed by atoms with Crippen molar-refractivity contribution in [3.8, 4) is 5.69 Å². The average molecular weight is 276 g/mol. The Hall–Kier alpha value is -2.21. The molecule has 98 valence electrons. The van der Waals surface area contributed by atoms with Gasteiger partial charge in [0.2, 0.25) is 0 Å². The lowest BCUT2D eigenvalue weighted by molar-refractivity contribution is -0.136. The highest BCUT2D eigenvalue weighted by molar-refractivity contribution is 7.71. The average Bonchev–Trinajstić information content (AvgIpc) is 2.33. The predicted molar refractivity (Wildman–Crippen MR) is 73.3 cm³/mol. The SMILES string of the molecule is Cc1cccc(-n2c(=S)[nH]cc(CC(=O)O)c2=O)c1. The predicted octanol–water partition coefficient (Wildman–Crippen LogP) is 1.83. The number of rotatable bonds is 3. The van der Waals surface area contributed by atoms with Crippen LogP contribution in [0, 0.1) is 11.7 Å². The van der Waals surface area contributed by atoms with Crippen molar-refractivity contribution in [2.45, 2.75) is 13.3 Å². The van der Waals surface area contributed by atoms with Crippen molar-refractivity contribution in [2.75, 3.05) is 0 Å². The molecule has 19 heavy (non-hydrogen) atoms. The molecule has 0 aliphatic rings. The van der Waals surface area contributed by atoms with E-state index in [1.54, 1.807) is 6.07 Å². The van der Waals surface area contributed by atoms with Crippen LogP contribution in [0.25, 0.3) is 5.69 Å². The van der Waals surface area contributed by atoms with Crippen molar-refractivity contribution in [3.63, 3.8) is 0 Å². The van der Waals surface area contributed by atoms with E-state index >= 15 is 0 Å². The molecule has 0 bridgehead atoms. The number of aromatic amines is 1. The number of carboxylic acid groups (broad SMARTS) is 1. The first-order valence-corrected chi connectivity index (χ1v) is 6.02. The Labute approximate surface area is 114 Å². The van der Waals surface area contributed by atoms with Gasteiger partial charge in [-0.1, -0.05) is 12.1 Å². The fraction of sp³-hybridized carbons (Fsp3) is 0.154. The second-order valence-electron chi connectivity index (χ2n) is 4.17. The first-order valence-electron chi connectivity index (χ1n) is 5.61. The van der Waals surface area contributed by atoms with Crippen LogP contribution in [0.1, 0.15) is 11.1 Å². The first-order chi connectivity index (χ1) is 8.99. The molecule has 1 aromatic carbocycles. The normalized spacial score (nSPS) is 10.4. The standard InChI is InChI=1S/C13H12N2O3S/c1-8-3-2-4-10(5-8)15-12(18)9(6-11(16)17)7-14-13(15)19/h2-5,7H,6H2,1H3,(H,14,19)(H,16,17). The van der Waals surface area contributed by atoms with E-state index in [9.17, 15) is 9.59 Å². The van der Waals surface area contributed by atoms with Crippen LogP contribution in [0.15, 0.2) is 35.3 Å². The van der Waals surface area contributed by atoms with E-state index in [-0.39, 0.29) is 16.8 Å². The summed E-state index contributed by atoms with van der Waals surface area (Å²) in [6.07, 6.45) is 1.02. The van der Waals surface area contributed by atoms with Gasteiger partial charge in [0.05, 0.1) is 12.1 Å². The molecule has 0 fully saturated rings. The molecule has 2 N–H and O–H groups in total. The van der Waals surface area contributed by atoms with Gasteiger partial charge in [0, 0.05) is 11.8 Å². The molecule has 0 aliphatic carbocycles. The molecule has 0 unspecified atom stereocenters. The van der Waals surface area contributed by atoms with E-state index in [0.717, 1.165) is 5.56 Å². The van der Waals surface area contributed by atoms with Crippen LogP contribution >= 0.6 is 12.2 Å². The topological polar surface area (TPSA) is 75.1 Å². The van der Waals surface area contributed by atoms with Gasteiger partial charge in [-0.2, -0.15) is 0 Å². The lowest BCUT2D eigenvalue weighted by atomic mass is 10.2. The third-order valence-electron chi connectivity index (χ3n) is 2.65. The molecule has 0 saturated carbocycles. The van der Waals surface area contributed by atoms with E-state index in [4.69, 9.17) is 17.3 Å². The number of H-pyrrole nitrogens is 1. The van der Waals surface area contributed by atoms with Gasteiger partial charge >= 0.3 is 5.97 Å². The van der Waals surface area contributed by atoms with Crippen molar-refractivity contribution in [2.24, 2.45) is 0 Å². The summed E-state index contributed by atoms with van der Waals surface area (Å²) in [4.78, 5) is 25.7. The Bertz CT molecular complexity index is 746. The minimum atomic E-state index is -1.06. The van der Waals surface area contributed by atoms with E-state index in [2.05, 4.69) is 4.98 Å². The largest absolute Gasteiger partial charge is 0.481 e. The van der Waals surface area contributed by atoms with E-state index in [0.29, 0.717) is 5.69 Å². The summed E-state index contributed by atoms with van der Waals surface area (Å²) in [6.45, 7) is 1.91. The molecule has 2 aromatic rings. The summed E-state index contributed by atoms with van der Waals surface area (Å²) < 4.78 is 1.55. The summed E-state index contributed by atoms with van der Waals surface area (Å²) in [5.74, 6) is -1.06. The fourth-order valence-corrected chi connectivity index (χ4v) is 2.05. The Balaban J connectivity index is 2.66. The molecule has 0 radical (unpaired) electrons. The highest BCUT2D eigenvalue weighted by atomic mass is 32.1. The maximum atomic E-state index is 12.2. The Kier molecular flexibility index (Phi) is 3.62. The molecular formula is C13H12N2O3S. The molecule has 0 amide bonds. The number of nitrogens with zero attached hydrogens (tertiary/aromatic N) is 1. The van der Waals surface area contributed by atoms with Gasteiger partial charge in [-0.15, -0.1) is 0 Å². The minimum absolute atomic E-state index is 0.169. The first kappa shape index (κ1) is 13.2. The number of hydrogen-bond acceptors (Lipinski definition) is 3. The Morgan fingerprint density at radius 1 is 1.47 bits per heavy atom. The number of carbonyl (C=O) groups is 1. The lowest BCUT2D eigenvalue weighted by Crippen LogP contribution is -2.25. The zero-order valence-electron chi connectivity index (χ0n) is 10.2. The van der Waals surface area contributed by atoms with Crippen LogP contribution in [-0.4, -0.2) is 20.6 Å². The highest BCUT2D eigenvalue weighted by Crippen LogP contribution is 2.08. The molecule has 0 spiro atoms. The molecule has 6 heteroatoms. The summed E-state index contributed by atoms with van der Waals surface area (Å²) in [6, 6.07) is 7.29. The van der Waals surface area contributed by atoms with Crippen molar-refractivity contribution < 1.29 is 9.90 Å². The Morgan fingerprint density at radius 2 is 2.21 bits per heavy atom. The van der Waals surface area contributed by atoms with E-state index < -0.39 is 11.5 Å². The number of benzene rings is 1. The van der Waals surface area contributed by atoms with Crippen molar-refractivity contribution >= 4 is 18.2 Å². The summed E-state index contributed by atoms with van der Waals surface area (Å²) >= 11 is 5.10. The molecular weight excluding hydrogens is 264 g/mol. The van der Waals surface area contributed by atoms with Gasteiger partial charge in [-0.05, 0) is 36.8 Å². The quantitative estimate of drug-likeness (QED) is 0.839. The molecule has 5 nitrogen and oxygen atoms in total. The summed E-state index contributed by atoms with van der Waals surface area (Å²) in [5.41, 5.74) is 1.38. The molecule has 1 heterocycles. The number of aryl methyl sites for hydroxylation is 1. The van der Waals surface area contributed by atoms with Gasteiger partial charge in [0.1, 0.15) is 0 Å². The van der Waals surface area contributed by atoms with Crippen molar-refractivity contribution in [1.29, 1.82) is 0 Å². The maximum Gasteiger partial charge on any atom is 0.308 e. The smallest absolute Gasteiger partial charge is 0.308 e. The van der Waals surface area contributed by atoms with Crippen LogP contribution in [0.5, 0.6) is 0 Å². The summed E-state index contributed by atoms with van der Waals surface area (Å²) in [7, 11) is 0. The molecule has 0 saturated heterocycles. The minimum Gasteiger partial charge on any atom is -0.481 e. The van der Waals surface area contributed by atoms with Crippen LogP contribution in [-0.2, 0) is 11.2 Å². The van der Waals surface area contributed by atoms with Crippen LogP contribution in [0.3, 0.4) is 0 Å². The van der Waals surface area contributed by atoms with Crippen LogP contribution in [0.2, 0.25) is 0 Å². The van der Waals surface area contributed by atoms with E-state index in [1.165, 1.54) is 10.8 Å². The number of carboxylic acids is 1. The fourth-order valence-electron chi connectivity index (χ4n) is 1.80. The van der Waals surface area contributed by atoms with Gasteiger partial charge in [-0.3, -0.25) is 14.2 Å².